The molecule has 0 fully saturated rings. The first-order valence-corrected chi connectivity index (χ1v) is 11.4. The molecule has 0 saturated heterocycles. The molecule has 3 rings (SSSR count). The lowest BCUT2D eigenvalue weighted by Crippen LogP contribution is -2.38. The third kappa shape index (κ3) is 5.27. The van der Waals surface area contributed by atoms with Gasteiger partial charge < -0.3 is 10.1 Å². The van der Waals surface area contributed by atoms with Crippen LogP contribution in [0.15, 0.2) is 77.7 Å². The Morgan fingerprint density at radius 1 is 1.00 bits per heavy atom. The maximum absolute atomic E-state index is 13.4. The second-order valence-electron chi connectivity index (χ2n) is 6.87. The zero-order chi connectivity index (χ0) is 23.3. The van der Waals surface area contributed by atoms with Crippen molar-refractivity contribution in [2.75, 3.05) is 23.3 Å². The number of carbonyl (C=O) groups excluding carboxylic acids is 2. The summed E-state index contributed by atoms with van der Waals surface area (Å²) in [5, 5.41) is 3.11. The van der Waals surface area contributed by atoms with Crippen LogP contribution in [-0.4, -0.2) is 33.9 Å². The van der Waals surface area contributed by atoms with Gasteiger partial charge in [0.1, 0.15) is 6.54 Å². The van der Waals surface area contributed by atoms with Crippen molar-refractivity contribution in [1.29, 1.82) is 0 Å². The van der Waals surface area contributed by atoms with E-state index in [-0.39, 0.29) is 4.90 Å². The van der Waals surface area contributed by atoms with E-state index in [1.807, 2.05) is 0 Å². The lowest BCUT2D eigenvalue weighted by Gasteiger charge is -2.25. The lowest BCUT2D eigenvalue weighted by atomic mass is 10.2. The highest BCUT2D eigenvalue weighted by Gasteiger charge is 2.28. The van der Waals surface area contributed by atoms with Crippen LogP contribution in [0.4, 0.5) is 11.4 Å². The zero-order valence-electron chi connectivity index (χ0n) is 17.4. The van der Waals surface area contributed by atoms with Crippen LogP contribution in [0.1, 0.15) is 15.9 Å². The normalized spacial score (nSPS) is 11.0. The smallest absolute Gasteiger partial charge is 0.337 e. The number of carbonyl (C=O) groups is 2. The van der Waals surface area contributed by atoms with Gasteiger partial charge in [0.2, 0.25) is 5.91 Å². The van der Waals surface area contributed by atoms with E-state index in [0.29, 0.717) is 27.5 Å². The number of methoxy groups -OCH3 is 1. The third-order valence-electron chi connectivity index (χ3n) is 4.64. The van der Waals surface area contributed by atoms with E-state index >= 15 is 0 Å². The van der Waals surface area contributed by atoms with Crippen molar-refractivity contribution in [1.82, 2.24) is 0 Å². The van der Waals surface area contributed by atoms with Gasteiger partial charge in [-0.15, -0.1) is 0 Å². The summed E-state index contributed by atoms with van der Waals surface area (Å²) >= 11 is 6.03. The second-order valence-corrected chi connectivity index (χ2v) is 9.17. The summed E-state index contributed by atoms with van der Waals surface area (Å²) in [4.78, 5) is 24.4. The topological polar surface area (TPSA) is 92.8 Å². The Balaban J connectivity index is 1.90. The number of nitrogens with one attached hydrogen (secondary N) is 1. The highest BCUT2D eigenvalue weighted by Crippen LogP contribution is 2.29. The van der Waals surface area contributed by atoms with E-state index in [0.717, 1.165) is 4.31 Å². The Hall–Kier alpha value is -3.36. The fraction of sp³-hybridized carbons (Fsp3) is 0.130. The number of esters is 1. The first-order chi connectivity index (χ1) is 15.2. The van der Waals surface area contributed by atoms with Crippen LogP contribution in [0.2, 0.25) is 5.02 Å². The molecule has 0 unspecified atom stereocenters. The van der Waals surface area contributed by atoms with Crippen molar-refractivity contribution in [3.63, 3.8) is 0 Å². The lowest BCUT2D eigenvalue weighted by molar-refractivity contribution is -0.114. The Bertz CT molecular complexity index is 1230. The van der Waals surface area contributed by atoms with Crippen LogP contribution in [-0.2, 0) is 19.6 Å². The largest absolute Gasteiger partial charge is 0.465 e. The summed E-state index contributed by atoms with van der Waals surface area (Å²) in [5.74, 6) is -1.05. The number of benzene rings is 3. The SMILES string of the molecule is COC(=O)c1ccc(NC(=O)CN(c2ccc(Cl)cc2C)S(=O)(=O)c2ccccc2)cc1. The monoisotopic (exact) mass is 472 g/mol. The molecule has 3 aromatic rings. The van der Waals surface area contributed by atoms with Gasteiger partial charge in [-0.2, -0.15) is 0 Å². The number of sulfonamides is 1. The van der Waals surface area contributed by atoms with Gasteiger partial charge in [-0.25, -0.2) is 13.2 Å². The fourth-order valence-electron chi connectivity index (χ4n) is 3.06. The number of nitrogens with zero attached hydrogens (tertiary/aromatic N) is 1. The molecule has 32 heavy (non-hydrogen) atoms. The molecule has 0 radical (unpaired) electrons. The number of hydrogen-bond donors (Lipinski definition) is 1. The van der Waals surface area contributed by atoms with Crippen LogP contribution in [0.25, 0.3) is 0 Å². The van der Waals surface area contributed by atoms with E-state index in [1.165, 1.54) is 43.5 Å². The van der Waals surface area contributed by atoms with Crippen LogP contribution in [0, 0.1) is 6.92 Å². The molecule has 1 amide bonds. The number of ether oxygens (including phenoxy) is 1. The minimum absolute atomic E-state index is 0.0598. The van der Waals surface area contributed by atoms with Gasteiger partial charge >= 0.3 is 5.97 Å². The average Bonchev–Trinajstić information content (AvgIpc) is 2.78. The predicted molar refractivity (Wildman–Crippen MR) is 124 cm³/mol. The minimum Gasteiger partial charge on any atom is -0.465 e. The number of anilines is 2. The van der Waals surface area contributed by atoms with Gasteiger partial charge in [0.25, 0.3) is 10.0 Å². The summed E-state index contributed by atoms with van der Waals surface area (Å²) in [6.45, 7) is 1.26. The van der Waals surface area contributed by atoms with Gasteiger partial charge in [0.05, 0.1) is 23.3 Å². The molecule has 7 nitrogen and oxygen atoms in total. The van der Waals surface area contributed by atoms with Crippen molar-refractivity contribution in [3.8, 4) is 0 Å². The van der Waals surface area contributed by atoms with Crippen molar-refractivity contribution in [2.24, 2.45) is 0 Å². The molecule has 0 heterocycles. The average molecular weight is 473 g/mol. The number of halogens is 1. The van der Waals surface area contributed by atoms with Crippen molar-refractivity contribution in [2.45, 2.75) is 11.8 Å². The van der Waals surface area contributed by atoms with Gasteiger partial charge in [0, 0.05) is 10.7 Å². The standard InChI is InChI=1S/C23H21ClN2O5S/c1-16-14-18(24)10-13-21(16)26(32(29,30)20-6-4-3-5-7-20)15-22(27)25-19-11-8-17(9-12-19)23(28)31-2/h3-14H,15H2,1-2H3,(H,25,27). The van der Waals surface area contributed by atoms with Crippen LogP contribution >= 0.6 is 11.6 Å². The molecule has 0 aliphatic heterocycles. The summed E-state index contributed by atoms with van der Waals surface area (Å²) in [7, 11) is -2.75. The molecule has 3 aromatic carbocycles. The number of rotatable bonds is 7. The molecular formula is C23H21ClN2O5S. The Morgan fingerprint density at radius 3 is 2.25 bits per heavy atom. The van der Waals surface area contributed by atoms with Crippen molar-refractivity contribution < 1.29 is 22.7 Å². The summed E-state index contributed by atoms with van der Waals surface area (Å²) < 4.78 is 32.4. The highest BCUT2D eigenvalue weighted by atomic mass is 35.5. The zero-order valence-corrected chi connectivity index (χ0v) is 19.0. The van der Waals surface area contributed by atoms with Gasteiger partial charge in [-0.3, -0.25) is 9.10 Å². The van der Waals surface area contributed by atoms with E-state index < -0.39 is 28.4 Å². The molecule has 0 aromatic heterocycles. The van der Waals surface area contributed by atoms with E-state index in [4.69, 9.17) is 11.6 Å². The maximum Gasteiger partial charge on any atom is 0.337 e. The summed E-state index contributed by atoms with van der Waals surface area (Å²) in [6.07, 6.45) is 0. The highest BCUT2D eigenvalue weighted by molar-refractivity contribution is 7.92. The van der Waals surface area contributed by atoms with Crippen molar-refractivity contribution in [3.05, 3.63) is 88.9 Å². The maximum atomic E-state index is 13.4. The predicted octanol–water partition coefficient (Wildman–Crippen LogP) is 4.27. The first-order valence-electron chi connectivity index (χ1n) is 9.54. The minimum atomic E-state index is -4.03. The molecule has 0 spiro atoms. The number of aryl methyl sites for hydroxylation is 1. The van der Waals surface area contributed by atoms with Gasteiger partial charge in [0.15, 0.2) is 0 Å². The Kier molecular flexibility index (Phi) is 7.17. The molecule has 1 N–H and O–H groups in total. The summed E-state index contributed by atoms with van der Waals surface area (Å²) in [6, 6.07) is 18.7. The Morgan fingerprint density at radius 2 is 1.66 bits per heavy atom. The second kappa shape index (κ2) is 9.84. The first kappa shape index (κ1) is 23.3. The molecule has 0 atom stereocenters. The third-order valence-corrected chi connectivity index (χ3v) is 6.64. The van der Waals surface area contributed by atoms with Gasteiger partial charge in [-0.1, -0.05) is 29.8 Å². The fourth-order valence-corrected chi connectivity index (χ4v) is 4.79. The molecule has 0 aliphatic carbocycles. The Labute approximate surface area is 191 Å². The summed E-state index contributed by atoms with van der Waals surface area (Å²) in [5.41, 5.74) is 1.68. The molecule has 166 valence electrons. The molecule has 0 bridgehead atoms. The molecule has 9 heteroatoms. The van der Waals surface area contributed by atoms with Crippen LogP contribution < -0.4 is 9.62 Å². The molecular weight excluding hydrogens is 452 g/mol. The van der Waals surface area contributed by atoms with E-state index in [2.05, 4.69) is 10.1 Å². The van der Waals surface area contributed by atoms with Crippen LogP contribution in [0.5, 0.6) is 0 Å². The number of hydrogen-bond acceptors (Lipinski definition) is 5. The quantitative estimate of drug-likeness (QED) is 0.518. The molecule has 0 aliphatic rings. The van der Waals surface area contributed by atoms with E-state index in [1.54, 1.807) is 43.3 Å². The molecule has 0 saturated carbocycles. The number of amides is 1. The van der Waals surface area contributed by atoms with Crippen LogP contribution in [0.3, 0.4) is 0 Å². The van der Waals surface area contributed by atoms with E-state index in [9.17, 15) is 18.0 Å². The van der Waals surface area contributed by atoms with Crippen molar-refractivity contribution >= 4 is 44.9 Å². The van der Waals surface area contributed by atoms with Gasteiger partial charge in [-0.05, 0) is 67.1 Å².